The van der Waals surface area contributed by atoms with Gasteiger partial charge in [-0.25, -0.2) is 4.79 Å². The quantitative estimate of drug-likeness (QED) is 0.615. The number of hydrogen-bond acceptors (Lipinski definition) is 3. The van der Waals surface area contributed by atoms with Crippen LogP contribution in [0.25, 0.3) is 0 Å². The van der Waals surface area contributed by atoms with E-state index in [9.17, 15) is 9.00 Å². The Morgan fingerprint density at radius 2 is 2.19 bits per heavy atom. The zero-order chi connectivity index (χ0) is 12.0. The van der Waals surface area contributed by atoms with Gasteiger partial charge in [0.1, 0.15) is 0 Å². The van der Waals surface area contributed by atoms with Crippen LogP contribution in [0.3, 0.4) is 0 Å². The van der Waals surface area contributed by atoms with Crippen LogP contribution in [0, 0.1) is 0 Å². The first-order chi connectivity index (χ1) is 7.63. The minimum atomic E-state index is -1.27. The zero-order valence-corrected chi connectivity index (χ0v) is 10.3. The third-order valence-corrected chi connectivity index (χ3v) is 3.22. The van der Waals surface area contributed by atoms with Crippen molar-refractivity contribution in [1.82, 2.24) is 0 Å². The molecule has 1 aromatic rings. The summed E-state index contributed by atoms with van der Waals surface area (Å²) in [5, 5.41) is 1.87. The van der Waals surface area contributed by atoms with E-state index in [1.54, 1.807) is 18.2 Å². The molecule has 0 aliphatic carbocycles. The second-order valence-electron chi connectivity index (χ2n) is 2.94. The molecule has 3 nitrogen and oxygen atoms in total. The standard InChI is InChI=1S/C11H11ClO3S/c1-15-11(13)6-7-16(14)8-9-4-2-3-5-10(9)12/h2-7H,8H2,1H3/b7-6+. The van der Waals surface area contributed by atoms with E-state index in [4.69, 9.17) is 11.6 Å². The molecule has 0 heterocycles. The molecule has 1 aromatic carbocycles. The Morgan fingerprint density at radius 1 is 1.50 bits per heavy atom. The number of esters is 1. The van der Waals surface area contributed by atoms with Gasteiger partial charge in [0.2, 0.25) is 0 Å². The summed E-state index contributed by atoms with van der Waals surface area (Å²) in [6, 6.07) is 7.16. The Labute approximate surface area is 102 Å². The summed E-state index contributed by atoms with van der Waals surface area (Å²) in [5.74, 6) is -0.236. The maximum Gasteiger partial charge on any atom is 0.331 e. The van der Waals surface area contributed by atoms with Gasteiger partial charge in [0.05, 0.1) is 23.7 Å². The average molecular weight is 259 g/mol. The molecular weight excluding hydrogens is 248 g/mol. The molecule has 0 amide bonds. The molecule has 0 bridgehead atoms. The lowest BCUT2D eigenvalue weighted by Gasteiger charge is -2.00. The molecule has 0 radical (unpaired) electrons. The van der Waals surface area contributed by atoms with Crippen LogP contribution in [0.5, 0.6) is 0 Å². The van der Waals surface area contributed by atoms with Crippen LogP contribution < -0.4 is 0 Å². The van der Waals surface area contributed by atoms with Crippen LogP contribution in [-0.4, -0.2) is 17.3 Å². The molecule has 0 saturated carbocycles. The van der Waals surface area contributed by atoms with Gasteiger partial charge in [-0.2, -0.15) is 0 Å². The van der Waals surface area contributed by atoms with Crippen molar-refractivity contribution in [2.75, 3.05) is 7.11 Å². The van der Waals surface area contributed by atoms with Crippen molar-refractivity contribution in [3.8, 4) is 0 Å². The van der Waals surface area contributed by atoms with E-state index < -0.39 is 16.8 Å². The smallest absolute Gasteiger partial charge is 0.331 e. The fraction of sp³-hybridized carbons (Fsp3) is 0.182. The molecule has 1 rings (SSSR count). The summed E-state index contributed by atoms with van der Waals surface area (Å²) in [4.78, 5) is 10.8. The third-order valence-electron chi connectivity index (χ3n) is 1.81. The summed E-state index contributed by atoms with van der Waals surface area (Å²) < 4.78 is 15.9. The molecule has 1 unspecified atom stereocenters. The minimum Gasteiger partial charge on any atom is -0.466 e. The molecule has 86 valence electrons. The predicted octanol–water partition coefficient (Wildman–Crippen LogP) is 2.28. The van der Waals surface area contributed by atoms with Crippen molar-refractivity contribution in [1.29, 1.82) is 0 Å². The second-order valence-corrected chi connectivity index (χ2v) is 4.67. The molecule has 5 heteroatoms. The van der Waals surface area contributed by atoms with Crippen molar-refractivity contribution < 1.29 is 13.7 Å². The molecule has 0 aromatic heterocycles. The van der Waals surface area contributed by atoms with Gasteiger partial charge >= 0.3 is 5.97 Å². The van der Waals surface area contributed by atoms with E-state index in [1.807, 2.05) is 6.07 Å². The first kappa shape index (κ1) is 12.9. The molecule has 0 N–H and O–H groups in total. The number of halogens is 1. The highest BCUT2D eigenvalue weighted by atomic mass is 35.5. The summed E-state index contributed by atoms with van der Waals surface area (Å²) >= 11 is 5.91. The normalized spacial score (nSPS) is 12.6. The third kappa shape index (κ3) is 4.16. The lowest BCUT2D eigenvalue weighted by Crippen LogP contribution is -1.97. The van der Waals surface area contributed by atoms with E-state index >= 15 is 0 Å². The van der Waals surface area contributed by atoms with Crippen LogP contribution in [0.1, 0.15) is 5.56 Å². The Balaban J connectivity index is 2.62. The Bertz CT molecular complexity index is 429. The number of methoxy groups -OCH3 is 1. The summed E-state index contributed by atoms with van der Waals surface area (Å²) in [6.45, 7) is 0. The number of benzene rings is 1. The number of rotatable bonds is 4. The number of carbonyl (C=O) groups excluding carboxylic acids is 1. The Kier molecular flexibility index (Phi) is 5.22. The van der Waals surface area contributed by atoms with Crippen molar-refractivity contribution in [2.24, 2.45) is 0 Å². The molecule has 0 aliphatic rings. The van der Waals surface area contributed by atoms with Gasteiger partial charge in [-0.1, -0.05) is 29.8 Å². The fourth-order valence-electron chi connectivity index (χ4n) is 1.02. The molecule has 0 fully saturated rings. The summed E-state index contributed by atoms with van der Waals surface area (Å²) in [6.07, 6.45) is 1.15. The first-order valence-corrected chi connectivity index (χ1v) is 6.26. The molecule has 0 spiro atoms. The van der Waals surface area contributed by atoms with Crippen molar-refractivity contribution in [3.63, 3.8) is 0 Å². The lowest BCUT2D eigenvalue weighted by molar-refractivity contribution is -0.134. The number of carbonyl (C=O) groups is 1. The van der Waals surface area contributed by atoms with E-state index in [-0.39, 0.29) is 5.75 Å². The van der Waals surface area contributed by atoms with Crippen LogP contribution in [0.2, 0.25) is 5.02 Å². The average Bonchev–Trinajstić information content (AvgIpc) is 2.29. The second kappa shape index (κ2) is 6.45. The van der Waals surface area contributed by atoms with Gasteiger partial charge in [-0.15, -0.1) is 0 Å². The highest BCUT2D eigenvalue weighted by molar-refractivity contribution is 7.87. The largest absolute Gasteiger partial charge is 0.466 e. The van der Waals surface area contributed by atoms with E-state index in [1.165, 1.54) is 12.5 Å². The highest BCUT2D eigenvalue weighted by Gasteiger charge is 2.03. The van der Waals surface area contributed by atoms with Crippen molar-refractivity contribution in [3.05, 3.63) is 46.3 Å². The first-order valence-electron chi connectivity index (χ1n) is 4.50. The summed E-state index contributed by atoms with van der Waals surface area (Å²) in [7, 11) is -0.00177. The van der Waals surface area contributed by atoms with Gasteiger partial charge in [-0.3, -0.25) is 4.21 Å². The van der Waals surface area contributed by atoms with Crippen molar-refractivity contribution >= 4 is 28.4 Å². The van der Waals surface area contributed by atoms with Crippen LogP contribution in [-0.2, 0) is 26.1 Å². The zero-order valence-electron chi connectivity index (χ0n) is 8.68. The Hall–Kier alpha value is -1.13. The maximum atomic E-state index is 11.5. The van der Waals surface area contributed by atoms with E-state index in [0.29, 0.717) is 5.02 Å². The van der Waals surface area contributed by atoms with Gasteiger partial charge in [0.25, 0.3) is 0 Å². The molecule has 1 atom stereocenters. The Morgan fingerprint density at radius 3 is 2.81 bits per heavy atom. The van der Waals surface area contributed by atoms with Crippen molar-refractivity contribution in [2.45, 2.75) is 5.75 Å². The van der Waals surface area contributed by atoms with E-state index in [2.05, 4.69) is 4.74 Å². The van der Waals surface area contributed by atoms with Crippen LogP contribution >= 0.6 is 11.6 Å². The molecule has 0 aliphatic heterocycles. The van der Waals surface area contributed by atoms with Gasteiger partial charge in [0.15, 0.2) is 0 Å². The van der Waals surface area contributed by atoms with Gasteiger partial charge < -0.3 is 4.74 Å². The van der Waals surface area contributed by atoms with Crippen LogP contribution in [0.4, 0.5) is 0 Å². The van der Waals surface area contributed by atoms with Gasteiger partial charge in [-0.05, 0) is 11.6 Å². The molecule has 16 heavy (non-hydrogen) atoms. The van der Waals surface area contributed by atoms with E-state index in [0.717, 1.165) is 11.6 Å². The van der Waals surface area contributed by atoms with Crippen LogP contribution in [0.15, 0.2) is 35.7 Å². The molecule has 0 saturated heterocycles. The summed E-state index contributed by atoms with van der Waals surface area (Å²) in [5.41, 5.74) is 0.789. The SMILES string of the molecule is COC(=O)/C=C/S(=O)Cc1ccccc1Cl. The molecular formula is C11H11ClO3S. The predicted molar refractivity (Wildman–Crippen MR) is 64.5 cm³/mol. The minimum absolute atomic E-state index is 0.285. The number of hydrogen-bond donors (Lipinski definition) is 0. The lowest BCUT2D eigenvalue weighted by atomic mass is 10.2. The maximum absolute atomic E-state index is 11.5. The highest BCUT2D eigenvalue weighted by Crippen LogP contribution is 2.16. The number of ether oxygens (including phenoxy) is 1. The fourth-order valence-corrected chi connectivity index (χ4v) is 2.22. The monoisotopic (exact) mass is 258 g/mol. The topological polar surface area (TPSA) is 43.4 Å². The van der Waals surface area contributed by atoms with Gasteiger partial charge in [0, 0.05) is 16.5 Å².